The van der Waals surface area contributed by atoms with Crippen LogP contribution >= 0.6 is 0 Å². The lowest BCUT2D eigenvalue weighted by molar-refractivity contribution is 0.0505. The molecule has 3 aromatic carbocycles. The Morgan fingerprint density at radius 3 is 2.23 bits per heavy atom. The van der Waals surface area contributed by atoms with Crippen molar-refractivity contribution in [3.05, 3.63) is 89.0 Å². The van der Waals surface area contributed by atoms with E-state index in [2.05, 4.69) is 30.4 Å². The Labute approximate surface area is 255 Å². The van der Waals surface area contributed by atoms with E-state index in [9.17, 15) is 13.0 Å². The third-order valence-electron chi connectivity index (χ3n) is 8.17. The van der Waals surface area contributed by atoms with Crippen LogP contribution in [0.2, 0.25) is 0 Å². The van der Waals surface area contributed by atoms with E-state index >= 15 is 0 Å². The van der Waals surface area contributed by atoms with Gasteiger partial charge in [0.05, 0.1) is 12.4 Å². The maximum absolute atomic E-state index is 11.4. The van der Waals surface area contributed by atoms with Gasteiger partial charge in [-0.05, 0) is 66.8 Å². The summed E-state index contributed by atoms with van der Waals surface area (Å²) in [6.07, 6.45) is 3.90. The molecular weight excluding hydrogens is 570 g/mol. The van der Waals surface area contributed by atoms with Gasteiger partial charge in [0.15, 0.2) is 13.6 Å². The van der Waals surface area contributed by atoms with Crippen molar-refractivity contribution in [2.24, 2.45) is 0 Å². The molecule has 234 valence electrons. The molecule has 0 bridgehead atoms. The predicted molar refractivity (Wildman–Crippen MR) is 166 cm³/mol. The first-order valence-corrected chi connectivity index (χ1v) is 16.1. The minimum absolute atomic E-state index is 0.175. The third-order valence-corrected chi connectivity index (χ3v) is 8.93. The third kappa shape index (κ3) is 8.70. The van der Waals surface area contributed by atoms with Crippen LogP contribution in [0, 0.1) is 0 Å². The van der Waals surface area contributed by atoms with E-state index < -0.39 is 16.2 Å². The van der Waals surface area contributed by atoms with Gasteiger partial charge in [-0.25, -0.2) is 0 Å². The first-order chi connectivity index (χ1) is 20.7. The Balaban J connectivity index is 1.48. The molecule has 43 heavy (non-hydrogen) atoms. The molecule has 0 aromatic heterocycles. The van der Waals surface area contributed by atoms with Crippen LogP contribution in [-0.4, -0.2) is 60.2 Å². The Morgan fingerprint density at radius 2 is 1.60 bits per heavy atom. The maximum atomic E-state index is 11.4. The van der Waals surface area contributed by atoms with Gasteiger partial charge in [-0.2, -0.15) is 8.42 Å². The van der Waals surface area contributed by atoms with Gasteiger partial charge >= 0.3 is 0 Å². The van der Waals surface area contributed by atoms with Crippen molar-refractivity contribution >= 4 is 10.1 Å². The van der Waals surface area contributed by atoms with Crippen LogP contribution in [0.1, 0.15) is 60.4 Å². The van der Waals surface area contributed by atoms with E-state index in [1.54, 1.807) is 21.3 Å². The van der Waals surface area contributed by atoms with Crippen LogP contribution in [0.25, 0.3) is 0 Å². The van der Waals surface area contributed by atoms with Crippen LogP contribution < -0.4 is 19.5 Å². The van der Waals surface area contributed by atoms with Crippen LogP contribution in [0.3, 0.4) is 0 Å². The summed E-state index contributed by atoms with van der Waals surface area (Å²) < 4.78 is 59.7. The lowest BCUT2D eigenvalue weighted by Crippen LogP contribution is -2.40. The molecule has 1 heterocycles. The minimum Gasteiger partial charge on any atom is -0.492 e. The number of hydrogen-bond donors (Lipinski definition) is 2. The highest BCUT2D eigenvalue weighted by molar-refractivity contribution is 7.85. The molecule has 1 aliphatic heterocycles. The average molecular weight is 614 g/mol. The molecule has 0 saturated heterocycles. The summed E-state index contributed by atoms with van der Waals surface area (Å²) in [6, 6.07) is 21.7. The Hall–Kier alpha value is -3.15. The van der Waals surface area contributed by atoms with Crippen molar-refractivity contribution in [3.8, 4) is 17.2 Å². The van der Waals surface area contributed by atoms with Crippen LogP contribution in [-0.2, 0) is 31.4 Å². The van der Waals surface area contributed by atoms with Crippen LogP contribution in [0.4, 0.5) is 0 Å². The summed E-state index contributed by atoms with van der Waals surface area (Å²) in [6.45, 7) is 3.18. The SMILES string of the molecule is CNC(CS(=O)(=O)O)c1ccc(CCCCC2c3ccc(OCOC)cc3OCC2(C)c2ccc(OCOC)cc2)cc1. The first-order valence-electron chi connectivity index (χ1n) is 14.5. The minimum atomic E-state index is -4.08. The molecule has 0 saturated carbocycles. The lowest BCUT2D eigenvalue weighted by Gasteiger charge is -2.43. The standard InChI is InChI=1S/C33H43NO8S/c1-33(26-13-15-27(16-14-26)41-22-38-3)21-40-32-19-28(42-23-39-4)17-18-29(32)30(33)8-6-5-7-24-9-11-25(12-10-24)31(34-2)20-43(35,36)37/h9-19,30-31,34H,5-8,20-23H2,1-4H3,(H,35,36,37). The van der Waals surface area contributed by atoms with Gasteiger partial charge in [-0.15, -0.1) is 0 Å². The van der Waals surface area contributed by atoms with E-state index in [1.807, 2.05) is 48.5 Å². The molecule has 0 spiro atoms. The maximum Gasteiger partial charge on any atom is 0.266 e. The number of methoxy groups -OCH3 is 2. The zero-order chi connectivity index (χ0) is 30.9. The van der Waals surface area contributed by atoms with Gasteiger partial charge in [0, 0.05) is 37.7 Å². The van der Waals surface area contributed by atoms with E-state index in [0.717, 1.165) is 42.7 Å². The van der Waals surface area contributed by atoms with Crippen molar-refractivity contribution in [2.45, 2.75) is 50.0 Å². The monoisotopic (exact) mass is 613 g/mol. The molecule has 3 aromatic rings. The topological polar surface area (TPSA) is 113 Å². The fraction of sp³-hybridized carbons (Fsp3) is 0.455. The zero-order valence-corrected chi connectivity index (χ0v) is 26.2. The number of ether oxygens (including phenoxy) is 5. The van der Waals surface area contributed by atoms with Crippen LogP contribution in [0.5, 0.6) is 17.2 Å². The van der Waals surface area contributed by atoms with Gasteiger partial charge < -0.3 is 29.0 Å². The zero-order valence-electron chi connectivity index (χ0n) is 25.4. The number of benzene rings is 3. The molecule has 10 heteroatoms. The lowest BCUT2D eigenvalue weighted by atomic mass is 9.66. The van der Waals surface area contributed by atoms with E-state index in [0.29, 0.717) is 12.4 Å². The molecule has 2 N–H and O–H groups in total. The molecule has 4 rings (SSSR count). The molecule has 1 aliphatic rings. The van der Waals surface area contributed by atoms with Crippen molar-refractivity contribution in [2.75, 3.05) is 47.2 Å². The van der Waals surface area contributed by atoms with Gasteiger partial charge in [-0.1, -0.05) is 55.8 Å². The molecule has 3 atom stereocenters. The number of hydrogen-bond acceptors (Lipinski definition) is 8. The van der Waals surface area contributed by atoms with Gasteiger partial charge in [0.2, 0.25) is 0 Å². The second kappa shape index (κ2) is 15.0. The van der Waals surface area contributed by atoms with Crippen molar-refractivity contribution < 1.29 is 36.7 Å². The summed E-state index contributed by atoms with van der Waals surface area (Å²) in [5.74, 6) is 2.17. The number of aryl methyl sites for hydroxylation is 1. The Kier molecular flexibility index (Phi) is 11.5. The van der Waals surface area contributed by atoms with Crippen LogP contribution in [0.15, 0.2) is 66.7 Å². The largest absolute Gasteiger partial charge is 0.492 e. The molecule has 0 amide bonds. The highest BCUT2D eigenvalue weighted by Gasteiger charge is 2.42. The quantitative estimate of drug-likeness (QED) is 0.120. The summed E-state index contributed by atoms with van der Waals surface area (Å²) >= 11 is 0. The Morgan fingerprint density at radius 1 is 0.953 bits per heavy atom. The Bertz CT molecular complexity index is 1410. The van der Waals surface area contributed by atoms with Crippen molar-refractivity contribution in [1.82, 2.24) is 5.32 Å². The number of fused-ring (bicyclic) bond motifs is 1. The van der Waals surface area contributed by atoms with E-state index in [-0.39, 0.29) is 30.7 Å². The summed E-state index contributed by atoms with van der Waals surface area (Å²) in [5, 5.41) is 2.96. The van der Waals surface area contributed by atoms with Gasteiger partial charge in [0.1, 0.15) is 17.2 Å². The van der Waals surface area contributed by atoms with Gasteiger partial charge in [0.25, 0.3) is 10.1 Å². The fourth-order valence-corrected chi connectivity index (χ4v) is 6.56. The van der Waals surface area contributed by atoms with Crippen molar-refractivity contribution in [1.29, 1.82) is 0 Å². The fourth-order valence-electron chi connectivity index (χ4n) is 5.78. The molecular formula is C33H43NO8S. The second-order valence-electron chi connectivity index (χ2n) is 11.2. The average Bonchev–Trinajstić information content (AvgIpc) is 3.00. The number of nitrogens with one attached hydrogen (secondary N) is 1. The molecule has 0 radical (unpaired) electrons. The molecule has 0 aliphatic carbocycles. The highest BCUT2D eigenvalue weighted by atomic mass is 32.2. The van der Waals surface area contributed by atoms with Gasteiger partial charge in [-0.3, -0.25) is 4.55 Å². The molecule has 3 unspecified atom stereocenters. The summed E-state index contributed by atoms with van der Waals surface area (Å²) in [4.78, 5) is 0. The molecule has 0 fully saturated rings. The molecule has 9 nitrogen and oxygen atoms in total. The number of unbranched alkanes of at least 4 members (excludes halogenated alkanes) is 1. The van der Waals surface area contributed by atoms with Crippen molar-refractivity contribution in [3.63, 3.8) is 0 Å². The normalized spacial score (nSPS) is 18.9. The summed E-state index contributed by atoms with van der Waals surface area (Å²) in [7, 11) is 0.801. The number of rotatable bonds is 16. The summed E-state index contributed by atoms with van der Waals surface area (Å²) in [5.41, 5.74) is 4.11. The second-order valence-corrected chi connectivity index (χ2v) is 12.7. The predicted octanol–water partition coefficient (Wildman–Crippen LogP) is 5.65. The smallest absolute Gasteiger partial charge is 0.266 e. The van der Waals surface area contributed by atoms with E-state index in [1.165, 1.54) is 16.7 Å². The highest BCUT2D eigenvalue weighted by Crippen LogP contribution is 2.50. The first kappa shape index (κ1) is 32.8. The van der Waals surface area contributed by atoms with E-state index in [4.69, 9.17) is 23.7 Å².